The number of allylic oxidation sites excluding steroid dienone is 1. The van der Waals surface area contributed by atoms with E-state index >= 15 is 0 Å². The highest BCUT2D eigenvalue weighted by atomic mass is 32.2. The van der Waals surface area contributed by atoms with Crippen molar-refractivity contribution < 1.29 is 17.6 Å². The van der Waals surface area contributed by atoms with Gasteiger partial charge in [-0.2, -0.15) is 4.31 Å². The van der Waals surface area contributed by atoms with Crippen LogP contribution in [0.3, 0.4) is 0 Å². The third kappa shape index (κ3) is 5.65. The summed E-state index contributed by atoms with van der Waals surface area (Å²) in [5.41, 5.74) is 1.43. The molecular formula is C21H30FN3O3S. The van der Waals surface area contributed by atoms with E-state index in [4.69, 9.17) is 0 Å². The second kappa shape index (κ2) is 9.82. The normalized spacial score (nSPS) is 20.1. The molecular weight excluding hydrogens is 393 g/mol. The highest BCUT2D eigenvalue weighted by Crippen LogP contribution is 2.20. The van der Waals surface area contributed by atoms with Crippen molar-refractivity contribution in [3.63, 3.8) is 0 Å². The van der Waals surface area contributed by atoms with Gasteiger partial charge in [-0.05, 0) is 63.3 Å². The first-order valence-corrected chi connectivity index (χ1v) is 11.8. The summed E-state index contributed by atoms with van der Waals surface area (Å²) in [4.78, 5) is 14.6. The fourth-order valence-corrected chi connectivity index (χ4v) is 5.30. The molecule has 1 aromatic carbocycles. The monoisotopic (exact) mass is 423 g/mol. The molecule has 1 saturated heterocycles. The summed E-state index contributed by atoms with van der Waals surface area (Å²) in [7, 11) is -3.64. The average Bonchev–Trinajstić information content (AvgIpc) is 2.74. The minimum absolute atomic E-state index is 0.0174. The van der Waals surface area contributed by atoms with Crippen LogP contribution in [0.25, 0.3) is 0 Å². The molecule has 0 radical (unpaired) electrons. The zero-order valence-corrected chi connectivity index (χ0v) is 17.8. The number of nitrogens with zero attached hydrogens (tertiary/aromatic N) is 2. The van der Waals surface area contributed by atoms with Crippen LogP contribution in [-0.4, -0.2) is 62.3 Å². The van der Waals surface area contributed by atoms with Gasteiger partial charge in [0.1, 0.15) is 5.82 Å². The topological polar surface area (TPSA) is 69.7 Å². The largest absolute Gasteiger partial charge is 0.354 e. The molecule has 0 saturated carbocycles. The van der Waals surface area contributed by atoms with Gasteiger partial charge in [0.05, 0.1) is 10.9 Å². The summed E-state index contributed by atoms with van der Waals surface area (Å²) >= 11 is 0. The summed E-state index contributed by atoms with van der Waals surface area (Å²) < 4.78 is 39.9. The highest BCUT2D eigenvalue weighted by Gasteiger charge is 2.31. The standard InChI is InChI=1S/C21H30FN3O3S/c1-17(21(26)23-12-11-18-5-3-2-4-6-18)24-13-15-25(16-14-24)29(27,28)20-9-7-19(22)8-10-20/h5,7-10,17H,2-4,6,11-16H2,1H3,(H,23,26)/t17-/m0/s1. The Balaban J connectivity index is 1.47. The van der Waals surface area contributed by atoms with Crippen LogP contribution in [0.4, 0.5) is 4.39 Å². The van der Waals surface area contributed by atoms with Crippen molar-refractivity contribution in [3.05, 3.63) is 41.7 Å². The molecule has 6 nitrogen and oxygen atoms in total. The number of rotatable bonds is 7. The third-order valence-electron chi connectivity index (χ3n) is 5.78. The van der Waals surface area contributed by atoms with Gasteiger partial charge in [0, 0.05) is 32.7 Å². The number of sulfonamides is 1. The van der Waals surface area contributed by atoms with Crippen molar-refractivity contribution in [3.8, 4) is 0 Å². The molecule has 1 aliphatic carbocycles. The molecule has 8 heteroatoms. The van der Waals surface area contributed by atoms with Gasteiger partial charge in [-0.15, -0.1) is 0 Å². The van der Waals surface area contributed by atoms with Crippen molar-refractivity contribution in [1.82, 2.24) is 14.5 Å². The molecule has 1 aliphatic heterocycles. The van der Waals surface area contributed by atoms with E-state index in [1.807, 2.05) is 11.8 Å². The van der Waals surface area contributed by atoms with E-state index in [9.17, 15) is 17.6 Å². The number of hydrogen-bond acceptors (Lipinski definition) is 4. The van der Waals surface area contributed by atoms with E-state index in [0.717, 1.165) is 31.4 Å². The van der Waals surface area contributed by atoms with E-state index in [0.29, 0.717) is 32.7 Å². The van der Waals surface area contributed by atoms with Gasteiger partial charge in [0.25, 0.3) is 0 Å². The van der Waals surface area contributed by atoms with Crippen LogP contribution in [0.5, 0.6) is 0 Å². The van der Waals surface area contributed by atoms with E-state index in [2.05, 4.69) is 11.4 Å². The Labute approximate surface area is 172 Å². The second-order valence-corrected chi connectivity index (χ2v) is 9.66. The van der Waals surface area contributed by atoms with E-state index in [1.165, 1.54) is 34.9 Å². The van der Waals surface area contributed by atoms with E-state index in [-0.39, 0.29) is 16.8 Å². The Morgan fingerprint density at radius 1 is 1.14 bits per heavy atom. The lowest BCUT2D eigenvalue weighted by atomic mass is 9.97. The maximum absolute atomic E-state index is 13.1. The molecule has 1 aromatic rings. The van der Waals surface area contributed by atoms with E-state index in [1.54, 1.807) is 0 Å². The average molecular weight is 424 g/mol. The van der Waals surface area contributed by atoms with Gasteiger partial charge in [0.15, 0.2) is 0 Å². The molecule has 1 N–H and O–H groups in total. The fraction of sp³-hybridized carbons (Fsp3) is 0.571. The summed E-state index contributed by atoms with van der Waals surface area (Å²) in [5, 5.41) is 3.01. The quantitative estimate of drug-likeness (QED) is 0.685. The Kier molecular flexibility index (Phi) is 7.43. The number of carbonyl (C=O) groups excluding carboxylic acids is 1. The van der Waals surface area contributed by atoms with Crippen LogP contribution in [0, 0.1) is 5.82 Å². The number of amides is 1. The molecule has 1 fully saturated rings. The summed E-state index contributed by atoms with van der Waals surface area (Å²) in [5.74, 6) is -0.482. The van der Waals surface area contributed by atoms with Crippen LogP contribution >= 0.6 is 0 Å². The molecule has 160 valence electrons. The smallest absolute Gasteiger partial charge is 0.243 e. The predicted octanol–water partition coefficient (Wildman–Crippen LogP) is 2.53. The zero-order valence-electron chi connectivity index (χ0n) is 16.9. The first-order valence-electron chi connectivity index (χ1n) is 10.3. The molecule has 0 aromatic heterocycles. The van der Waals surface area contributed by atoms with Crippen molar-refractivity contribution >= 4 is 15.9 Å². The van der Waals surface area contributed by atoms with Gasteiger partial charge in [-0.25, -0.2) is 12.8 Å². The first kappa shape index (κ1) is 21.9. The van der Waals surface area contributed by atoms with Crippen LogP contribution in [0.1, 0.15) is 39.0 Å². The summed E-state index contributed by atoms with van der Waals surface area (Å²) in [6.07, 6.45) is 7.97. The Hall–Kier alpha value is -1.77. The zero-order chi connectivity index (χ0) is 20.9. The number of hydrogen-bond donors (Lipinski definition) is 1. The Morgan fingerprint density at radius 3 is 2.45 bits per heavy atom. The van der Waals surface area contributed by atoms with Gasteiger partial charge in [-0.1, -0.05) is 11.6 Å². The predicted molar refractivity (Wildman–Crippen MR) is 110 cm³/mol. The molecule has 0 spiro atoms. The Morgan fingerprint density at radius 2 is 1.83 bits per heavy atom. The number of piperazine rings is 1. The molecule has 1 heterocycles. The van der Waals surface area contributed by atoms with Gasteiger partial charge in [0.2, 0.25) is 15.9 Å². The van der Waals surface area contributed by atoms with Gasteiger partial charge in [-0.3, -0.25) is 9.69 Å². The van der Waals surface area contributed by atoms with Crippen LogP contribution in [0.15, 0.2) is 40.8 Å². The SMILES string of the molecule is C[C@@H](C(=O)NCCC1=CCCCC1)N1CCN(S(=O)(=O)c2ccc(F)cc2)CC1. The number of benzene rings is 1. The summed E-state index contributed by atoms with van der Waals surface area (Å²) in [6.45, 7) is 4.10. The van der Waals surface area contributed by atoms with Crippen LogP contribution < -0.4 is 5.32 Å². The van der Waals surface area contributed by atoms with Crippen LogP contribution in [-0.2, 0) is 14.8 Å². The molecule has 1 amide bonds. The Bertz CT molecular complexity index is 831. The molecule has 0 unspecified atom stereocenters. The van der Waals surface area contributed by atoms with Gasteiger partial charge < -0.3 is 5.32 Å². The minimum atomic E-state index is -3.64. The lowest BCUT2D eigenvalue weighted by Gasteiger charge is -2.36. The maximum Gasteiger partial charge on any atom is 0.243 e. The van der Waals surface area contributed by atoms with Crippen LogP contribution in [0.2, 0.25) is 0 Å². The third-order valence-corrected chi connectivity index (χ3v) is 7.70. The van der Waals surface area contributed by atoms with Gasteiger partial charge >= 0.3 is 0 Å². The second-order valence-electron chi connectivity index (χ2n) is 7.72. The number of carbonyl (C=O) groups is 1. The number of nitrogens with one attached hydrogen (secondary N) is 1. The highest BCUT2D eigenvalue weighted by molar-refractivity contribution is 7.89. The number of halogens is 1. The van der Waals surface area contributed by atoms with Crippen molar-refractivity contribution in [1.29, 1.82) is 0 Å². The van der Waals surface area contributed by atoms with Crippen molar-refractivity contribution in [2.75, 3.05) is 32.7 Å². The molecule has 3 rings (SSSR count). The molecule has 29 heavy (non-hydrogen) atoms. The van der Waals surface area contributed by atoms with Crippen molar-refractivity contribution in [2.24, 2.45) is 0 Å². The maximum atomic E-state index is 13.1. The van der Waals surface area contributed by atoms with Crippen molar-refractivity contribution in [2.45, 2.75) is 50.0 Å². The lowest BCUT2D eigenvalue weighted by molar-refractivity contribution is -0.126. The minimum Gasteiger partial charge on any atom is -0.354 e. The summed E-state index contributed by atoms with van der Waals surface area (Å²) in [6, 6.07) is 4.58. The molecule has 0 bridgehead atoms. The first-order chi connectivity index (χ1) is 13.9. The fourth-order valence-electron chi connectivity index (χ4n) is 3.88. The van der Waals surface area contributed by atoms with E-state index < -0.39 is 15.8 Å². The lowest BCUT2D eigenvalue weighted by Crippen LogP contribution is -2.54. The molecule has 1 atom stereocenters. The molecule has 2 aliphatic rings.